The number of thiophene rings is 1. The predicted octanol–water partition coefficient (Wildman–Crippen LogP) is 5.44. The topological polar surface area (TPSA) is 45.6 Å². The van der Waals surface area contributed by atoms with Crippen LogP contribution in [0.15, 0.2) is 40.8 Å². The van der Waals surface area contributed by atoms with Crippen LogP contribution in [0.1, 0.15) is 37.0 Å². The molecule has 0 spiro atoms. The summed E-state index contributed by atoms with van der Waals surface area (Å²) in [5, 5.41) is 8.33. The third kappa shape index (κ3) is 3.68. The molecule has 0 bridgehead atoms. The number of benzene rings is 1. The zero-order chi connectivity index (χ0) is 17.9. The number of aromatic nitrogens is 1. The largest absolute Gasteiger partial charge is 0.272 e. The number of halogens is 1. The molecule has 1 amide bonds. The van der Waals surface area contributed by atoms with Crippen LogP contribution in [-0.2, 0) is 4.79 Å². The zero-order valence-corrected chi connectivity index (χ0v) is 15.7. The lowest BCUT2D eigenvalue weighted by molar-refractivity contribution is -0.123. The molecular formula is C19H18FN3OS2. The van der Waals surface area contributed by atoms with Gasteiger partial charge in [-0.1, -0.05) is 36.7 Å². The number of amides is 1. The molecule has 0 saturated heterocycles. The third-order valence-corrected chi connectivity index (χ3v) is 6.33. The molecule has 0 atom stereocenters. The lowest BCUT2D eigenvalue weighted by Gasteiger charge is -2.24. The monoisotopic (exact) mass is 387 g/mol. The maximum Gasteiger partial charge on any atom is 0.252 e. The van der Waals surface area contributed by atoms with Crippen molar-refractivity contribution >= 4 is 50.1 Å². The summed E-state index contributed by atoms with van der Waals surface area (Å²) in [7, 11) is 0. The molecule has 0 aliphatic heterocycles. The lowest BCUT2D eigenvalue weighted by atomic mass is 9.88. The Morgan fingerprint density at radius 1 is 1.27 bits per heavy atom. The summed E-state index contributed by atoms with van der Waals surface area (Å²) in [5.41, 5.74) is 0.680. The van der Waals surface area contributed by atoms with Crippen molar-refractivity contribution in [3.8, 4) is 0 Å². The van der Waals surface area contributed by atoms with Gasteiger partial charge in [0.05, 0.1) is 16.4 Å². The van der Waals surface area contributed by atoms with Crippen molar-refractivity contribution in [3.05, 3.63) is 46.4 Å². The minimum atomic E-state index is -0.306. The number of carbonyl (C=O) groups is 1. The van der Waals surface area contributed by atoms with E-state index in [-0.39, 0.29) is 17.6 Å². The third-order valence-electron chi connectivity index (χ3n) is 4.53. The van der Waals surface area contributed by atoms with Crippen molar-refractivity contribution in [3.63, 3.8) is 0 Å². The highest BCUT2D eigenvalue weighted by atomic mass is 32.1. The summed E-state index contributed by atoms with van der Waals surface area (Å²) in [6.45, 7) is 0. The smallest absolute Gasteiger partial charge is 0.252 e. The SMILES string of the molecule is O=C(C1CCCCC1)N(/N=C\c1cccs1)c1nc2ccc(F)cc2s1. The molecule has 1 fully saturated rings. The first kappa shape index (κ1) is 17.3. The Labute approximate surface area is 159 Å². The van der Waals surface area contributed by atoms with Crippen molar-refractivity contribution in [1.29, 1.82) is 0 Å². The molecule has 0 unspecified atom stereocenters. The van der Waals surface area contributed by atoms with Crippen molar-refractivity contribution in [1.82, 2.24) is 4.98 Å². The van der Waals surface area contributed by atoms with Gasteiger partial charge in [-0.25, -0.2) is 9.37 Å². The number of thiazole rings is 1. The van der Waals surface area contributed by atoms with Crippen LogP contribution in [0.25, 0.3) is 10.2 Å². The maximum absolute atomic E-state index is 13.5. The van der Waals surface area contributed by atoms with E-state index in [4.69, 9.17) is 0 Å². The van der Waals surface area contributed by atoms with Gasteiger partial charge in [-0.15, -0.1) is 11.3 Å². The highest BCUT2D eigenvalue weighted by molar-refractivity contribution is 7.22. The Balaban J connectivity index is 1.69. The Hall–Kier alpha value is -2.12. The first-order chi connectivity index (χ1) is 12.7. The van der Waals surface area contributed by atoms with Gasteiger partial charge in [0.15, 0.2) is 0 Å². The molecule has 1 saturated carbocycles. The minimum absolute atomic E-state index is 0.0166. The Morgan fingerprint density at radius 2 is 2.12 bits per heavy atom. The quantitative estimate of drug-likeness (QED) is 0.442. The van der Waals surface area contributed by atoms with Crippen LogP contribution < -0.4 is 5.01 Å². The van der Waals surface area contributed by atoms with E-state index in [9.17, 15) is 9.18 Å². The van der Waals surface area contributed by atoms with E-state index in [1.807, 2.05) is 17.5 Å². The van der Waals surface area contributed by atoms with Crippen molar-refractivity contribution in [2.45, 2.75) is 32.1 Å². The number of nitrogens with zero attached hydrogens (tertiary/aromatic N) is 3. The van der Waals surface area contributed by atoms with E-state index >= 15 is 0 Å². The van der Waals surface area contributed by atoms with Gasteiger partial charge in [0.2, 0.25) is 5.13 Å². The molecule has 3 aromatic rings. The van der Waals surface area contributed by atoms with E-state index in [1.54, 1.807) is 23.6 Å². The second-order valence-electron chi connectivity index (χ2n) is 6.35. The van der Waals surface area contributed by atoms with Crippen LogP contribution in [0.4, 0.5) is 9.52 Å². The second-order valence-corrected chi connectivity index (χ2v) is 8.34. The highest BCUT2D eigenvalue weighted by Crippen LogP contribution is 2.33. The first-order valence-corrected chi connectivity index (χ1v) is 10.4. The van der Waals surface area contributed by atoms with Crippen LogP contribution in [0, 0.1) is 11.7 Å². The average molecular weight is 388 g/mol. The molecule has 2 heterocycles. The molecule has 1 aliphatic rings. The van der Waals surface area contributed by atoms with E-state index in [0.29, 0.717) is 15.3 Å². The number of carbonyl (C=O) groups excluding carboxylic acids is 1. The van der Waals surface area contributed by atoms with Crippen LogP contribution in [0.2, 0.25) is 0 Å². The van der Waals surface area contributed by atoms with E-state index in [0.717, 1.165) is 30.6 Å². The summed E-state index contributed by atoms with van der Waals surface area (Å²) in [4.78, 5) is 18.6. The van der Waals surface area contributed by atoms with Crippen LogP contribution >= 0.6 is 22.7 Å². The van der Waals surface area contributed by atoms with Crippen molar-refractivity contribution in [2.24, 2.45) is 11.0 Å². The second kappa shape index (κ2) is 7.63. The molecule has 2 aromatic heterocycles. The van der Waals surface area contributed by atoms with Gasteiger partial charge in [0, 0.05) is 10.8 Å². The molecular weight excluding hydrogens is 369 g/mol. The fraction of sp³-hybridized carbons (Fsp3) is 0.316. The van der Waals surface area contributed by atoms with Gasteiger partial charge in [0.1, 0.15) is 5.82 Å². The molecule has 1 aromatic carbocycles. The maximum atomic E-state index is 13.5. The van der Waals surface area contributed by atoms with Gasteiger partial charge >= 0.3 is 0 Å². The van der Waals surface area contributed by atoms with E-state index in [1.165, 1.54) is 34.9 Å². The Bertz CT molecular complexity index is 930. The normalized spacial score (nSPS) is 15.7. The number of hydrogen-bond donors (Lipinski definition) is 0. The fourth-order valence-electron chi connectivity index (χ4n) is 3.18. The van der Waals surface area contributed by atoms with Crippen LogP contribution in [-0.4, -0.2) is 17.1 Å². The lowest BCUT2D eigenvalue weighted by Crippen LogP contribution is -2.33. The zero-order valence-electron chi connectivity index (χ0n) is 14.1. The molecule has 7 heteroatoms. The number of hydrazone groups is 1. The minimum Gasteiger partial charge on any atom is -0.272 e. The average Bonchev–Trinajstić information content (AvgIpc) is 3.31. The number of hydrogen-bond acceptors (Lipinski definition) is 5. The van der Waals surface area contributed by atoms with Gasteiger partial charge in [0.25, 0.3) is 5.91 Å². The molecule has 1 aliphatic carbocycles. The summed E-state index contributed by atoms with van der Waals surface area (Å²) in [6, 6.07) is 8.36. The van der Waals surface area contributed by atoms with Gasteiger partial charge in [-0.05, 0) is 42.5 Å². The fourth-order valence-corrected chi connectivity index (χ4v) is 4.71. The van der Waals surface area contributed by atoms with Crippen LogP contribution in [0.5, 0.6) is 0 Å². The standard InChI is InChI=1S/C19H18FN3OS2/c20-14-8-9-16-17(11-14)26-19(22-16)23(21-12-15-7-4-10-25-15)18(24)13-5-2-1-3-6-13/h4,7-13H,1-3,5-6H2/b21-12-. The number of rotatable bonds is 4. The Kier molecular flexibility index (Phi) is 5.08. The molecule has 0 N–H and O–H groups in total. The summed E-state index contributed by atoms with van der Waals surface area (Å²) in [5.74, 6) is -0.343. The number of anilines is 1. The highest BCUT2D eigenvalue weighted by Gasteiger charge is 2.28. The molecule has 0 radical (unpaired) electrons. The van der Waals surface area contributed by atoms with Gasteiger partial charge in [-0.2, -0.15) is 10.1 Å². The van der Waals surface area contributed by atoms with Gasteiger partial charge in [-0.3, -0.25) is 4.79 Å². The van der Waals surface area contributed by atoms with Crippen LogP contribution in [0.3, 0.4) is 0 Å². The molecule has 134 valence electrons. The summed E-state index contributed by atoms with van der Waals surface area (Å²) < 4.78 is 14.2. The molecule has 4 nitrogen and oxygen atoms in total. The van der Waals surface area contributed by atoms with E-state index in [2.05, 4.69) is 10.1 Å². The van der Waals surface area contributed by atoms with Crippen molar-refractivity contribution in [2.75, 3.05) is 5.01 Å². The number of fused-ring (bicyclic) bond motifs is 1. The summed E-state index contributed by atoms with van der Waals surface area (Å²) in [6.07, 6.45) is 6.81. The Morgan fingerprint density at radius 3 is 2.88 bits per heavy atom. The predicted molar refractivity (Wildman–Crippen MR) is 106 cm³/mol. The van der Waals surface area contributed by atoms with E-state index < -0.39 is 0 Å². The molecule has 4 rings (SSSR count). The molecule has 26 heavy (non-hydrogen) atoms. The first-order valence-electron chi connectivity index (χ1n) is 8.68. The van der Waals surface area contributed by atoms with Gasteiger partial charge < -0.3 is 0 Å². The van der Waals surface area contributed by atoms with Crippen molar-refractivity contribution < 1.29 is 9.18 Å². The summed E-state index contributed by atoms with van der Waals surface area (Å²) >= 11 is 2.85.